The molecule has 100 valence electrons. The molecule has 0 saturated heterocycles. The van der Waals surface area contributed by atoms with Crippen molar-refractivity contribution in [1.29, 1.82) is 0 Å². The molecule has 0 atom stereocenters. The Morgan fingerprint density at radius 3 is 2.58 bits per heavy atom. The van der Waals surface area contributed by atoms with Crippen molar-refractivity contribution in [1.82, 2.24) is 0 Å². The molecule has 2 rings (SSSR count). The number of anilines is 1. The van der Waals surface area contributed by atoms with Crippen LogP contribution >= 0.6 is 15.9 Å². The number of rotatable bonds is 3. The highest BCUT2D eigenvalue weighted by atomic mass is 79.9. The molecule has 0 radical (unpaired) electrons. The Labute approximate surface area is 118 Å². The summed E-state index contributed by atoms with van der Waals surface area (Å²) in [5.41, 5.74) is -0.349. The van der Waals surface area contributed by atoms with Crippen molar-refractivity contribution in [2.75, 3.05) is 11.4 Å². The maximum Gasteiger partial charge on any atom is 0.310 e. The van der Waals surface area contributed by atoms with Crippen LogP contribution in [0.3, 0.4) is 0 Å². The number of carbonyl (C=O) groups is 3. The number of carboxylic acid groups (broad SMARTS) is 1. The van der Waals surface area contributed by atoms with Gasteiger partial charge in [-0.25, -0.2) is 0 Å². The molecule has 0 fully saturated rings. The van der Waals surface area contributed by atoms with Crippen molar-refractivity contribution >= 4 is 39.3 Å². The van der Waals surface area contributed by atoms with Gasteiger partial charge in [0.2, 0.25) is 0 Å². The van der Waals surface area contributed by atoms with Gasteiger partial charge >= 0.3 is 5.97 Å². The van der Waals surface area contributed by atoms with Crippen LogP contribution in [-0.4, -0.2) is 29.3 Å². The molecule has 1 amide bonds. The fraction of sp³-hybridized carbons (Fsp3) is 0.308. The molecule has 1 aromatic rings. The van der Waals surface area contributed by atoms with E-state index in [9.17, 15) is 14.4 Å². The number of fused-ring (bicyclic) bond motifs is 1. The number of halogens is 1. The van der Waals surface area contributed by atoms with Crippen LogP contribution in [0.15, 0.2) is 22.7 Å². The highest BCUT2D eigenvalue weighted by Gasteiger charge is 2.40. The summed E-state index contributed by atoms with van der Waals surface area (Å²) >= 11 is 3.24. The van der Waals surface area contributed by atoms with E-state index >= 15 is 0 Å². The summed E-state index contributed by atoms with van der Waals surface area (Å²) < 4.78 is 0.701. The summed E-state index contributed by atoms with van der Waals surface area (Å²) in [6, 6.07) is 4.93. The first-order chi connectivity index (χ1) is 8.74. The highest BCUT2D eigenvalue weighted by Crippen LogP contribution is 2.33. The Morgan fingerprint density at radius 2 is 2.00 bits per heavy atom. The first kappa shape index (κ1) is 13.7. The Hall–Kier alpha value is -1.69. The van der Waals surface area contributed by atoms with E-state index in [4.69, 9.17) is 5.11 Å². The molecule has 0 unspecified atom stereocenters. The average molecular weight is 326 g/mol. The van der Waals surface area contributed by atoms with Crippen LogP contribution in [-0.2, 0) is 9.59 Å². The second-order valence-corrected chi connectivity index (χ2v) is 5.99. The number of hydrogen-bond donors (Lipinski definition) is 1. The number of carboxylic acids is 1. The fourth-order valence-electron chi connectivity index (χ4n) is 1.89. The van der Waals surface area contributed by atoms with Crippen molar-refractivity contribution in [2.45, 2.75) is 13.8 Å². The number of carbonyl (C=O) groups excluding carboxylic acids is 2. The number of nitrogens with zero attached hydrogens (tertiary/aromatic N) is 1. The van der Waals surface area contributed by atoms with Gasteiger partial charge in [0.25, 0.3) is 11.7 Å². The van der Waals surface area contributed by atoms with Crippen LogP contribution in [0.25, 0.3) is 0 Å². The van der Waals surface area contributed by atoms with Gasteiger partial charge < -0.3 is 10.0 Å². The molecular formula is C13H12BrNO4. The van der Waals surface area contributed by atoms with Gasteiger partial charge in [0.15, 0.2) is 0 Å². The normalized spacial score (nSPS) is 14.8. The van der Waals surface area contributed by atoms with Crippen molar-refractivity contribution < 1.29 is 19.5 Å². The number of ketones is 1. The van der Waals surface area contributed by atoms with Crippen LogP contribution in [0.4, 0.5) is 5.69 Å². The summed E-state index contributed by atoms with van der Waals surface area (Å²) in [5, 5.41) is 9.12. The van der Waals surface area contributed by atoms with Crippen LogP contribution in [0.2, 0.25) is 0 Å². The number of Topliss-reactive ketones (excluding diaryl/α,β-unsaturated/α-hetero) is 1. The van der Waals surface area contributed by atoms with E-state index in [2.05, 4.69) is 15.9 Å². The summed E-state index contributed by atoms with van der Waals surface area (Å²) in [4.78, 5) is 36.2. The van der Waals surface area contributed by atoms with Gasteiger partial charge in [0.05, 0.1) is 16.7 Å². The predicted molar refractivity (Wildman–Crippen MR) is 72.2 cm³/mol. The molecule has 6 heteroatoms. The minimum absolute atomic E-state index is 0.0401. The van der Waals surface area contributed by atoms with Crippen LogP contribution in [0, 0.1) is 5.41 Å². The smallest absolute Gasteiger partial charge is 0.310 e. The third-order valence-corrected chi connectivity index (χ3v) is 3.56. The minimum Gasteiger partial charge on any atom is -0.481 e. The van der Waals surface area contributed by atoms with E-state index in [0.29, 0.717) is 15.7 Å². The maximum absolute atomic E-state index is 11.9. The number of benzene rings is 1. The lowest BCUT2D eigenvalue weighted by Crippen LogP contribution is -2.41. The van der Waals surface area contributed by atoms with Crippen LogP contribution in [0.1, 0.15) is 24.2 Å². The summed E-state index contributed by atoms with van der Waals surface area (Å²) in [6.07, 6.45) is 0. The lowest BCUT2D eigenvalue weighted by Gasteiger charge is -2.26. The molecule has 0 bridgehead atoms. The predicted octanol–water partition coefficient (Wildman–Crippen LogP) is 2.09. The third-order valence-electron chi connectivity index (χ3n) is 3.07. The molecule has 19 heavy (non-hydrogen) atoms. The minimum atomic E-state index is -1.12. The quantitative estimate of drug-likeness (QED) is 0.863. The Balaban J connectivity index is 2.42. The average Bonchev–Trinajstić information content (AvgIpc) is 2.54. The molecule has 5 nitrogen and oxygen atoms in total. The molecule has 1 aromatic carbocycles. The molecule has 1 aliphatic heterocycles. The second kappa shape index (κ2) is 4.45. The van der Waals surface area contributed by atoms with Gasteiger partial charge in [-0.05, 0) is 32.0 Å². The zero-order valence-electron chi connectivity index (χ0n) is 10.4. The molecular weight excluding hydrogens is 314 g/mol. The highest BCUT2D eigenvalue weighted by molar-refractivity contribution is 9.10. The largest absolute Gasteiger partial charge is 0.481 e. The topological polar surface area (TPSA) is 74.7 Å². The van der Waals surface area contributed by atoms with Gasteiger partial charge in [-0.3, -0.25) is 14.4 Å². The van der Waals surface area contributed by atoms with E-state index in [1.54, 1.807) is 18.2 Å². The summed E-state index contributed by atoms with van der Waals surface area (Å²) in [6.45, 7) is 3.00. The molecule has 1 N–H and O–H groups in total. The lowest BCUT2D eigenvalue weighted by molar-refractivity contribution is -0.146. The van der Waals surface area contributed by atoms with Gasteiger partial charge in [-0.1, -0.05) is 15.9 Å². The second-order valence-electron chi connectivity index (χ2n) is 5.07. The number of amides is 1. The fourth-order valence-corrected chi connectivity index (χ4v) is 2.25. The van der Waals surface area contributed by atoms with Gasteiger partial charge in [0, 0.05) is 11.0 Å². The van der Waals surface area contributed by atoms with Gasteiger partial charge in [-0.15, -0.1) is 0 Å². The van der Waals surface area contributed by atoms with Gasteiger partial charge in [-0.2, -0.15) is 0 Å². The van der Waals surface area contributed by atoms with E-state index in [1.807, 2.05) is 0 Å². The van der Waals surface area contributed by atoms with Crippen LogP contribution in [0.5, 0.6) is 0 Å². The first-order valence-electron chi connectivity index (χ1n) is 5.63. The molecule has 0 aliphatic carbocycles. The van der Waals surface area contributed by atoms with Crippen LogP contribution < -0.4 is 4.90 Å². The van der Waals surface area contributed by atoms with Crippen molar-refractivity contribution in [3.63, 3.8) is 0 Å². The SMILES string of the molecule is CC(C)(CN1C(=O)C(=O)c2cc(Br)ccc21)C(=O)O. The molecule has 0 saturated carbocycles. The van der Waals surface area contributed by atoms with Crippen molar-refractivity contribution in [3.8, 4) is 0 Å². The summed E-state index contributed by atoms with van der Waals surface area (Å²) in [5.74, 6) is -2.29. The number of hydrogen-bond acceptors (Lipinski definition) is 3. The number of aliphatic carboxylic acids is 1. The van der Waals surface area contributed by atoms with E-state index in [0.717, 1.165) is 0 Å². The van der Waals surface area contributed by atoms with Gasteiger partial charge in [0.1, 0.15) is 0 Å². The lowest BCUT2D eigenvalue weighted by atomic mass is 9.93. The molecule has 0 aromatic heterocycles. The zero-order chi connectivity index (χ0) is 14.4. The zero-order valence-corrected chi connectivity index (χ0v) is 12.0. The molecule has 1 aliphatic rings. The summed E-state index contributed by atoms with van der Waals surface area (Å²) in [7, 11) is 0. The first-order valence-corrected chi connectivity index (χ1v) is 6.42. The Kier molecular flexibility index (Phi) is 3.22. The standard InChI is InChI=1S/C13H12BrNO4/c1-13(2,12(18)19)6-15-9-4-3-7(14)5-8(9)10(16)11(15)17/h3-5H,6H2,1-2H3,(H,18,19). The van der Waals surface area contributed by atoms with E-state index in [1.165, 1.54) is 18.7 Å². The van der Waals surface area contributed by atoms with Crippen molar-refractivity contribution in [3.05, 3.63) is 28.2 Å². The van der Waals surface area contributed by atoms with E-state index in [-0.39, 0.29) is 6.54 Å². The third kappa shape index (κ3) is 2.28. The van der Waals surface area contributed by atoms with Crippen molar-refractivity contribution in [2.24, 2.45) is 5.41 Å². The molecule has 1 heterocycles. The van der Waals surface area contributed by atoms with E-state index < -0.39 is 23.1 Å². The Morgan fingerprint density at radius 1 is 1.37 bits per heavy atom. The molecule has 0 spiro atoms. The monoisotopic (exact) mass is 325 g/mol. The Bertz CT molecular complexity index is 594. The maximum atomic E-state index is 11.9.